The van der Waals surface area contributed by atoms with Gasteiger partial charge in [0.05, 0.1) is 0 Å². The lowest BCUT2D eigenvalue weighted by Crippen LogP contribution is -2.05. The molecule has 0 aromatic carbocycles. The Morgan fingerprint density at radius 3 is 2.67 bits per heavy atom. The number of rotatable bonds is 2. The summed E-state index contributed by atoms with van der Waals surface area (Å²) in [5.41, 5.74) is 1.37. The average molecular weight is 164 g/mol. The highest BCUT2D eigenvalue weighted by atomic mass is 15.4. The fourth-order valence-electron chi connectivity index (χ4n) is 1.04. The molecule has 0 atom stereocenters. The van der Waals surface area contributed by atoms with E-state index in [1.165, 1.54) is 0 Å². The first-order chi connectivity index (χ1) is 5.70. The largest absolute Gasteiger partial charge is 0.232 e. The van der Waals surface area contributed by atoms with E-state index in [1.54, 1.807) is 4.68 Å². The molecule has 4 nitrogen and oxygen atoms in total. The minimum atomic E-state index is 0.201. The van der Waals surface area contributed by atoms with Crippen LogP contribution in [0.3, 0.4) is 0 Å². The van der Waals surface area contributed by atoms with Gasteiger partial charge in [0.15, 0.2) is 5.69 Å². The molecule has 1 aromatic rings. The van der Waals surface area contributed by atoms with E-state index in [2.05, 4.69) is 16.4 Å². The summed E-state index contributed by atoms with van der Waals surface area (Å²) in [4.78, 5) is 0. The Morgan fingerprint density at radius 2 is 2.25 bits per heavy atom. The Morgan fingerprint density at radius 1 is 1.58 bits per heavy atom. The van der Waals surface area contributed by atoms with Crippen molar-refractivity contribution < 1.29 is 0 Å². The van der Waals surface area contributed by atoms with Gasteiger partial charge in [-0.05, 0) is 20.3 Å². The molecule has 0 aliphatic heterocycles. The van der Waals surface area contributed by atoms with Crippen LogP contribution in [0.15, 0.2) is 0 Å². The second kappa shape index (κ2) is 3.35. The SMILES string of the molecule is CCc1nnn(C(C)C)c1C#N. The van der Waals surface area contributed by atoms with Crippen molar-refractivity contribution in [1.29, 1.82) is 5.26 Å². The smallest absolute Gasteiger partial charge is 0.162 e. The second-order valence-corrected chi connectivity index (χ2v) is 2.89. The maximum absolute atomic E-state index is 8.82. The first-order valence-electron chi connectivity index (χ1n) is 4.04. The monoisotopic (exact) mass is 164 g/mol. The molecule has 0 amide bonds. The maximum Gasteiger partial charge on any atom is 0.162 e. The Balaban J connectivity index is 3.16. The van der Waals surface area contributed by atoms with Crippen LogP contribution in [-0.4, -0.2) is 15.0 Å². The summed E-state index contributed by atoms with van der Waals surface area (Å²) in [5, 5.41) is 16.6. The van der Waals surface area contributed by atoms with Gasteiger partial charge in [-0.2, -0.15) is 5.26 Å². The van der Waals surface area contributed by atoms with Crippen LogP contribution in [0.4, 0.5) is 0 Å². The molecule has 0 saturated heterocycles. The van der Waals surface area contributed by atoms with Crippen molar-refractivity contribution in [3.63, 3.8) is 0 Å². The van der Waals surface area contributed by atoms with E-state index in [1.807, 2.05) is 20.8 Å². The number of hydrogen-bond acceptors (Lipinski definition) is 3. The molecule has 0 aliphatic carbocycles. The molecule has 1 heterocycles. The summed E-state index contributed by atoms with van der Waals surface area (Å²) in [7, 11) is 0. The van der Waals surface area contributed by atoms with Crippen LogP contribution in [0.5, 0.6) is 0 Å². The van der Waals surface area contributed by atoms with Gasteiger partial charge in [0, 0.05) is 6.04 Å². The molecule has 0 unspecified atom stereocenters. The van der Waals surface area contributed by atoms with Crippen LogP contribution < -0.4 is 0 Å². The molecule has 0 N–H and O–H groups in total. The van der Waals surface area contributed by atoms with Crippen molar-refractivity contribution in [2.24, 2.45) is 0 Å². The first-order valence-corrected chi connectivity index (χ1v) is 4.04. The fraction of sp³-hybridized carbons (Fsp3) is 0.625. The number of aromatic nitrogens is 3. The summed E-state index contributed by atoms with van der Waals surface area (Å²) in [5.74, 6) is 0. The molecule has 64 valence electrons. The van der Waals surface area contributed by atoms with Crippen LogP contribution in [0.25, 0.3) is 0 Å². The zero-order chi connectivity index (χ0) is 9.14. The predicted octanol–water partition coefficient (Wildman–Crippen LogP) is 1.29. The fourth-order valence-corrected chi connectivity index (χ4v) is 1.04. The van der Waals surface area contributed by atoms with Crippen molar-refractivity contribution >= 4 is 0 Å². The number of aryl methyl sites for hydroxylation is 1. The molecule has 0 bridgehead atoms. The van der Waals surface area contributed by atoms with Gasteiger partial charge in [0.25, 0.3) is 0 Å². The minimum Gasteiger partial charge on any atom is -0.232 e. The van der Waals surface area contributed by atoms with Crippen LogP contribution in [0, 0.1) is 11.3 Å². The maximum atomic E-state index is 8.82. The van der Waals surface area contributed by atoms with Crippen LogP contribution in [0.2, 0.25) is 0 Å². The molecule has 0 fully saturated rings. The van der Waals surface area contributed by atoms with Crippen LogP contribution in [0.1, 0.15) is 38.2 Å². The summed E-state index contributed by atoms with van der Waals surface area (Å²) in [6.07, 6.45) is 0.760. The van der Waals surface area contributed by atoms with Gasteiger partial charge < -0.3 is 0 Å². The molecule has 0 saturated carbocycles. The number of hydrogen-bond donors (Lipinski definition) is 0. The average Bonchev–Trinajstić information content (AvgIpc) is 2.46. The van der Waals surface area contributed by atoms with E-state index >= 15 is 0 Å². The van der Waals surface area contributed by atoms with Gasteiger partial charge in [-0.3, -0.25) is 0 Å². The highest BCUT2D eigenvalue weighted by Crippen LogP contribution is 2.10. The third kappa shape index (κ3) is 1.30. The van der Waals surface area contributed by atoms with Gasteiger partial charge in [0.2, 0.25) is 0 Å². The lowest BCUT2D eigenvalue weighted by atomic mass is 10.2. The molecule has 4 heteroatoms. The van der Waals surface area contributed by atoms with Crippen molar-refractivity contribution in [3.05, 3.63) is 11.4 Å². The molecule has 0 radical (unpaired) electrons. The third-order valence-corrected chi connectivity index (χ3v) is 1.69. The summed E-state index contributed by atoms with van der Waals surface area (Å²) in [6, 6.07) is 2.32. The highest BCUT2D eigenvalue weighted by molar-refractivity contribution is 5.25. The van der Waals surface area contributed by atoms with E-state index in [-0.39, 0.29) is 6.04 Å². The Labute approximate surface area is 71.8 Å². The second-order valence-electron chi connectivity index (χ2n) is 2.89. The zero-order valence-electron chi connectivity index (χ0n) is 7.57. The predicted molar refractivity (Wildman–Crippen MR) is 44.5 cm³/mol. The van der Waals surface area contributed by atoms with Gasteiger partial charge in [0.1, 0.15) is 11.8 Å². The molecule has 0 spiro atoms. The number of nitriles is 1. The lowest BCUT2D eigenvalue weighted by Gasteiger charge is -2.03. The van der Waals surface area contributed by atoms with Gasteiger partial charge in [-0.15, -0.1) is 5.10 Å². The molecule has 1 aromatic heterocycles. The number of nitrogens with zero attached hydrogens (tertiary/aromatic N) is 4. The van der Waals surface area contributed by atoms with Gasteiger partial charge in [-0.1, -0.05) is 12.1 Å². The summed E-state index contributed by atoms with van der Waals surface area (Å²) < 4.78 is 1.65. The van der Waals surface area contributed by atoms with Crippen molar-refractivity contribution in [2.75, 3.05) is 0 Å². The molecule has 1 rings (SSSR count). The summed E-state index contributed by atoms with van der Waals surface area (Å²) >= 11 is 0. The molecular formula is C8H12N4. The van der Waals surface area contributed by atoms with Crippen molar-refractivity contribution in [2.45, 2.75) is 33.2 Å². The first kappa shape index (κ1) is 8.72. The van der Waals surface area contributed by atoms with E-state index in [9.17, 15) is 0 Å². The van der Waals surface area contributed by atoms with Crippen LogP contribution in [-0.2, 0) is 6.42 Å². The summed E-state index contributed by atoms with van der Waals surface area (Å²) in [6.45, 7) is 5.93. The lowest BCUT2D eigenvalue weighted by molar-refractivity contribution is 0.509. The Bertz CT molecular complexity index is 305. The molecule has 12 heavy (non-hydrogen) atoms. The van der Waals surface area contributed by atoms with Gasteiger partial charge in [-0.25, -0.2) is 4.68 Å². The highest BCUT2D eigenvalue weighted by Gasteiger charge is 2.11. The van der Waals surface area contributed by atoms with E-state index < -0.39 is 0 Å². The van der Waals surface area contributed by atoms with Gasteiger partial charge >= 0.3 is 0 Å². The normalized spacial score (nSPS) is 10.2. The molecular weight excluding hydrogens is 152 g/mol. The van der Waals surface area contributed by atoms with E-state index in [0.717, 1.165) is 12.1 Å². The zero-order valence-corrected chi connectivity index (χ0v) is 7.57. The standard InChI is InChI=1S/C8H12N4/c1-4-7-8(5-9)12(6(2)3)11-10-7/h6H,4H2,1-3H3. The Kier molecular flexibility index (Phi) is 2.44. The topological polar surface area (TPSA) is 54.5 Å². The quantitative estimate of drug-likeness (QED) is 0.661. The van der Waals surface area contributed by atoms with E-state index in [4.69, 9.17) is 5.26 Å². The van der Waals surface area contributed by atoms with E-state index in [0.29, 0.717) is 5.69 Å². The molecule has 0 aliphatic rings. The minimum absolute atomic E-state index is 0.201. The van der Waals surface area contributed by atoms with Crippen molar-refractivity contribution in [3.8, 4) is 6.07 Å². The van der Waals surface area contributed by atoms with Crippen LogP contribution >= 0.6 is 0 Å². The van der Waals surface area contributed by atoms with Crippen molar-refractivity contribution in [1.82, 2.24) is 15.0 Å². The third-order valence-electron chi connectivity index (χ3n) is 1.69. The Hall–Kier alpha value is -1.37.